The molecule has 1 rings (SSSR count). The third kappa shape index (κ3) is 5.05. The van der Waals surface area contributed by atoms with Crippen LogP contribution in [-0.4, -0.2) is 36.0 Å². The Balaban J connectivity index is 3.06. The molecule has 0 radical (unpaired) electrons. The van der Waals surface area contributed by atoms with E-state index in [-0.39, 0.29) is 19.1 Å². The monoisotopic (exact) mass is 299 g/mol. The molecule has 0 aliphatic carbocycles. The van der Waals surface area contributed by atoms with E-state index >= 15 is 0 Å². The molecule has 0 aliphatic rings. The number of benzene rings is 1. The van der Waals surface area contributed by atoms with Gasteiger partial charge >= 0.3 is 5.97 Å². The molecule has 1 atom stereocenters. The summed E-state index contributed by atoms with van der Waals surface area (Å²) in [5.41, 5.74) is 0.505. The number of hydrogen-bond acceptors (Lipinski definition) is 3. The fraction of sp³-hybridized carbons (Fsp3) is 0.222. The lowest BCUT2D eigenvalue weighted by molar-refractivity contribution is -0.144. The van der Waals surface area contributed by atoms with Crippen molar-refractivity contribution in [1.82, 2.24) is 4.90 Å². The summed E-state index contributed by atoms with van der Waals surface area (Å²) in [5.74, 6) is -0.710. The van der Waals surface area contributed by atoms with Crippen LogP contribution in [-0.2, 0) is 9.53 Å². The molecule has 0 spiro atoms. The number of allylic oxidation sites excluding steroid dienone is 2. The minimum atomic E-state index is -0.453. The van der Waals surface area contributed by atoms with Crippen molar-refractivity contribution in [1.29, 1.82) is 0 Å². The highest BCUT2D eigenvalue weighted by molar-refractivity contribution is 5.96. The number of amides is 1. The quantitative estimate of drug-likeness (QED) is 0.421. The van der Waals surface area contributed by atoms with E-state index in [4.69, 9.17) is 4.74 Å². The molecule has 0 fully saturated rings. The summed E-state index contributed by atoms with van der Waals surface area (Å²) < 4.78 is 4.95. The lowest BCUT2D eigenvalue weighted by Gasteiger charge is -2.27. The summed E-state index contributed by atoms with van der Waals surface area (Å²) >= 11 is 0. The molecule has 116 valence electrons. The average molecular weight is 299 g/mol. The van der Waals surface area contributed by atoms with Gasteiger partial charge in [0.25, 0.3) is 5.91 Å². The number of esters is 1. The predicted octanol–water partition coefficient (Wildman–Crippen LogP) is 2.99. The zero-order valence-electron chi connectivity index (χ0n) is 12.8. The first-order valence-corrected chi connectivity index (χ1v) is 7.07. The van der Waals surface area contributed by atoms with Crippen LogP contribution in [0.5, 0.6) is 0 Å². The van der Waals surface area contributed by atoms with E-state index in [1.54, 1.807) is 55.5 Å². The van der Waals surface area contributed by atoms with Crippen molar-refractivity contribution >= 4 is 11.9 Å². The maximum atomic E-state index is 12.7. The van der Waals surface area contributed by atoms with Crippen LogP contribution in [0.2, 0.25) is 0 Å². The van der Waals surface area contributed by atoms with Gasteiger partial charge < -0.3 is 9.64 Å². The van der Waals surface area contributed by atoms with Crippen molar-refractivity contribution < 1.29 is 14.3 Å². The molecule has 0 bridgehead atoms. The summed E-state index contributed by atoms with van der Waals surface area (Å²) in [6.45, 7) is 9.19. The minimum absolute atomic E-state index is 0.139. The van der Waals surface area contributed by atoms with Crippen molar-refractivity contribution in [3.05, 3.63) is 73.4 Å². The number of nitrogens with zero attached hydrogens (tertiary/aromatic N) is 1. The number of carbonyl (C=O) groups is 2. The van der Waals surface area contributed by atoms with Crippen LogP contribution < -0.4 is 0 Å². The lowest BCUT2D eigenvalue weighted by atomic mass is 10.1. The second kappa shape index (κ2) is 9.34. The zero-order valence-corrected chi connectivity index (χ0v) is 12.8. The molecule has 0 saturated carbocycles. The largest absolute Gasteiger partial charge is 0.465 e. The van der Waals surface area contributed by atoms with Crippen LogP contribution in [0, 0.1) is 0 Å². The van der Waals surface area contributed by atoms with Gasteiger partial charge in [0.05, 0.1) is 12.6 Å². The Bertz CT molecular complexity index is 549. The van der Waals surface area contributed by atoms with Gasteiger partial charge in [-0.3, -0.25) is 9.59 Å². The molecular formula is C18H21NO3. The van der Waals surface area contributed by atoms with Crippen molar-refractivity contribution in [2.45, 2.75) is 13.0 Å². The first-order valence-electron chi connectivity index (χ1n) is 7.07. The van der Waals surface area contributed by atoms with Gasteiger partial charge in [-0.15, -0.1) is 6.58 Å². The Labute approximate surface area is 131 Å². The van der Waals surface area contributed by atoms with Crippen LogP contribution in [0.25, 0.3) is 0 Å². The third-order valence-electron chi connectivity index (χ3n) is 2.93. The topological polar surface area (TPSA) is 46.6 Å². The second-order valence-corrected chi connectivity index (χ2v) is 4.45. The van der Waals surface area contributed by atoms with Crippen LogP contribution in [0.3, 0.4) is 0 Å². The third-order valence-corrected chi connectivity index (χ3v) is 2.93. The Morgan fingerprint density at radius 3 is 2.50 bits per heavy atom. The molecule has 0 aliphatic heterocycles. The fourth-order valence-electron chi connectivity index (χ4n) is 1.91. The maximum absolute atomic E-state index is 12.7. The van der Waals surface area contributed by atoms with Gasteiger partial charge in [-0.25, -0.2) is 0 Å². The average Bonchev–Trinajstić information content (AvgIpc) is 2.54. The van der Waals surface area contributed by atoms with Crippen LogP contribution >= 0.6 is 0 Å². The van der Waals surface area contributed by atoms with Crippen molar-refractivity contribution in [3.8, 4) is 0 Å². The van der Waals surface area contributed by atoms with E-state index in [2.05, 4.69) is 13.2 Å². The Kier molecular flexibility index (Phi) is 7.40. The normalized spacial score (nSPS) is 11.7. The Morgan fingerprint density at radius 2 is 1.95 bits per heavy atom. The molecule has 1 aromatic rings. The summed E-state index contributed by atoms with van der Waals surface area (Å²) in [6, 6.07) is 8.37. The van der Waals surface area contributed by atoms with Gasteiger partial charge in [0.1, 0.15) is 6.54 Å². The molecule has 22 heavy (non-hydrogen) atoms. The van der Waals surface area contributed by atoms with Gasteiger partial charge in [0.2, 0.25) is 0 Å². The number of rotatable bonds is 8. The summed E-state index contributed by atoms with van der Waals surface area (Å²) in [7, 11) is 0. The molecule has 4 heteroatoms. The van der Waals surface area contributed by atoms with E-state index in [9.17, 15) is 9.59 Å². The van der Waals surface area contributed by atoms with Gasteiger partial charge in [0.15, 0.2) is 0 Å². The molecule has 0 heterocycles. The van der Waals surface area contributed by atoms with Gasteiger partial charge in [-0.05, 0) is 19.1 Å². The smallest absolute Gasteiger partial charge is 0.325 e. The van der Waals surface area contributed by atoms with Crippen molar-refractivity contribution in [2.75, 3.05) is 13.2 Å². The molecule has 0 saturated heterocycles. The molecule has 0 N–H and O–H groups in total. The van der Waals surface area contributed by atoms with Gasteiger partial charge in [-0.1, -0.05) is 49.1 Å². The van der Waals surface area contributed by atoms with Crippen molar-refractivity contribution in [2.24, 2.45) is 0 Å². The van der Waals surface area contributed by atoms with Crippen LogP contribution in [0.4, 0.5) is 0 Å². The SMILES string of the molecule is C=C/C=C/C(C=C)N(CC(=O)OCC)C(=O)c1ccccc1. The molecule has 4 nitrogen and oxygen atoms in total. The number of ether oxygens (including phenoxy) is 1. The van der Waals surface area contributed by atoms with E-state index in [1.165, 1.54) is 4.90 Å². The van der Waals surface area contributed by atoms with E-state index < -0.39 is 12.0 Å². The van der Waals surface area contributed by atoms with Crippen molar-refractivity contribution in [3.63, 3.8) is 0 Å². The Morgan fingerprint density at radius 1 is 1.27 bits per heavy atom. The standard InChI is InChI=1S/C18H21NO3/c1-4-7-13-16(5-2)19(14-17(20)22-6-3)18(21)15-11-9-8-10-12-15/h4-5,7-13,16H,1-2,6,14H2,3H3/b13-7+. The molecule has 1 unspecified atom stereocenters. The Hall–Kier alpha value is -2.62. The molecule has 0 aromatic heterocycles. The number of carbonyl (C=O) groups excluding carboxylic acids is 2. The first kappa shape index (κ1) is 17.4. The van der Waals surface area contributed by atoms with Gasteiger partial charge in [0, 0.05) is 5.56 Å². The second-order valence-electron chi connectivity index (χ2n) is 4.45. The van der Waals surface area contributed by atoms with Gasteiger partial charge in [-0.2, -0.15) is 0 Å². The lowest BCUT2D eigenvalue weighted by Crippen LogP contribution is -2.42. The highest BCUT2D eigenvalue weighted by atomic mass is 16.5. The minimum Gasteiger partial charge on any atom is -0.465 e. The van der Waals surface area contributed by atoms with Crippen LogP contribution in [0.1, 0.15) is 17.3 Å². The summed E-state index contributed by atoms with van der Waals surface area (Å²) in [6.07, 6.45) is 6.66. The highest BCUT2D eigenvalue weighted by Crippen LogP contribution is 2.11. The molecule has 1 amide bonds. The highest BCUT2D eigenvalue weighted by Gasteiger charge is 2.24. The molecular weight excluding hydrogens is 278 g/mol. The maximum Gasteiger partial charge on any atom is 0.325 e. The van der Waals surface area contributed by atoms with Crippen LogP contribution in [0.15, 0.2) is 67.8 Å². The van der Waals surface area contributed by atoms with E-state index in [0.717, 1.165) is 0 Å². The first-order chi connectivity index (χ1) is 10.6. The molecule has 1 aromatic carbocycles. The van der Waals surface area contributed by atoms with E-state index in [1.807, 2.05) is 6.07 Å². The number of hydrogen-bond donors (Lipinski definition) is 0. The van der Waals surface area contributed by atoms with E-state index in [0.29, 0.717) is 5.56 Å². The zero-order chi connectivity index (χ0) is 16.4. The fourth-order valence-corrected chi connectivity index (χ4v) is 1.91. The predicted molar refractivity (Wildman–Crippen MR) is 87.4 cm³/mol. The summed E-state index contributed by atoms with van der Waals surface area (Å²) in [4.78, 5) is 25.9. The summed E-state index contributed by atoms with van der Waals surface area (Å²) in [5, 5.41) is 0.